The zero-order valence-electron chi connectivity index (χ0n) is 14.6. The minimum absolute atomic E-state index is 0.0694. The lowest BCUT2D eigenvalue weighted by Gasteiger charge is -2.38. The van der Waals surface area contributed by atoms with E-state index in [4.69, 9.17) is 15.5 Å². The van der Waals surface area contributed by atoms with Gasteiger partial charge in [-0.25, -0.2) is 15.0 Å². The van der Waals surface area contributed by atoms with E-state index >= 15 is 0 Å². The van der Waals surface area contributed by atoms with Crippen molar-refractivity contribution < 1.29 is 4.74 Å². The first-order valence-electron chi connectivity index (χ1n) is 8.86. The summed E-state index contributed by atoms with van der Waals surface area (Å²) in [6.45, 7) is 1.90. The van der Waals surface area contributed by atoms with Crippen LogP contribution < -0.4 is 10.6 Å². The number of amidine groups is 1. The van der Waals surface area contributed by atoms with Crippen molar-refractivity contribution in [3.8, 4) is 22.5 Å². The van der Waals surface area contributed by atoms with E-state index in [-0.39, 0.29) is 6.04 Å². The monoisotopic (exact) mass is 358 g/mol. The molecule has 0 bridgehead atoms. The summed E-state index contributed by atoms with van der Waals surface area (Å²) >= 11 is 0. The van der Waals surface area contributed by atoms with E-state index < -0.39 is 0 Å². The van der Waals surface area contributed by atoms with E-state index in [1.165, 1.54) is 0 Å². The number of nitrogens with two attached hydrogens (primary N) is 1. The Hall–Kier alpha value is -3.32. The molecule has 1 fully saturated rings. The van der Waals surface area contributed by atoms with Crippen LogP contribution in [-0.2, 0) is 4.74 Å². The van der Waals surface area contributed by atoms with Gasteiger partial charge in [0.2, 0.25) is 0 Å². The molecule has 2 aliphatic rings. The topological polar surface area (TPSA) is 89.5 Å². The fraction of sp³-hybridized carbons (Fsp3) is 0.200. The van der Waals surface area contributed by atoms with Crippen LogP contribution in [0.4, 0.5) is 11.5 Å². The van der Waals surface area contributed by atoms with Crippen LogP contribution in [0.1, 0.15) is 0 Å². The van der Waals surface area contributed by atoms with Crippen LogP contribution in [0, 0.1) is 0 Å². The second-order valence-electron chi connectivity index (χ2n) is 6.51. The number of hydrogen-bond donors (Lipinski definition) is 1. The lowest BCUT2D eigenvalue weighted by atomic mass is 10.0. The highest BCUT2D eigenvalue weighted by Gasteiger charge is 2.33. The summed E-state index contributed by atoms with van der Waals surface area (Å²) in [5.74, 6) is 2.00. The zero-order valence-corrected chi connectivity index (χ0v) is 14.6. The van der Waals surface area contributed by atoms with Gasteiger partial charge in [0.1, 0.15) is 17.6 Å². The third-order valence-corrected chi connectivity index (χ3v) is 4.89. The highest BCUT2D eigenvalue weighted by molar-refractivity contribution is 5.96. The van der Waals surface area contributed by atoms with Gasteiger partial charge in [0.05, 0.1) is 19.4 Å². The number of aliphatic imine (C=N–C) groups is 1. The molecule has 0 aliphatic carbocycles. The first-order valence-corrected chi connectivity index (χ1v) is 8.86. The molecule has 2 N–H and O–H groups in total. The Morgan fingerprint density at radius 1 is 1.07 bits per heavy atom. The summed E-state index contributed by atoms with van der Waals surface area (Å²) in [7, 11) is 0. The van der Waals surface area contributed by atoms with E-state index in [1.807, 2.05) is 30.5 Å². The predicted octanol–water partition coefficient (Wildman–Crippen LogP) is 2.41. The number of hydrogen-bond acceptors (Lipinski definition) is 7. The molecule has 2 aliphatic heterocycles. The molecule has 0 saturated carbocycles. The van der Waals surface area contributed by atoms with Gasteiger partial charge >= 0.3 is 0 Å². The predicted molar refractivity (Wildman–Crippen MR) is 104 cm³/mol. The van der Waals surface area contributed by atoms with Gasteiger partial charge < -0.3 is 15.4 Å². The molecule has 2 aromatic heterocycles. The van der Waals surface area contributed by atoms with Crippen LogP contribution in [-0.4, -0.2) is 46.6 Å². The Balaban J connectivity index is 1.63. The standard InChI is InChI=1S/C20H18N6O/c21-18-17-12-27-9-8-26(17)20-16(24-18)11-23-19(25-20)14-6-7-22-10-15(14)13-4-2-1-3-5-13/h1-7,10-11,17H,8-9,12H2,(H2,21,24). The van der Waals surface area contributed by atoms with Gasteiger partial charge in [0.15, 0.2) is 11.6 Å². The minimum Gasteiger partial charge on any atom is -0.385 e. The second-order valence-corrected chi connectivity index (χ2v) is 6.51. The Bertz CT molecular complexity index is 1020. The molecule has 1 aromatic carbocycles. The normalized spacial score (nSPS) is 18.4. The van der Waals surface area contributed by atoms with Gasteiger partial charge in [-0.2, -0.15) is 0 Å². The maximum absolute atomic E-state index is 6.12. The average Bonchev–Trinajstić information content (AvgIpc) is 2.74. The first-order chi connectivity index (χ1) is 13.3. The van der Waals surface area contributed by atoms with Crippen molar-refractivity contribution in [2.24, 2.45) is 10.7 Å². The highest BCUT2D eigenvalue weighted by atomic mass is 16.5. The van der Waals surface area contributed by atoms with Crippen LogP contribution in [0.25, 0.3) is 22.5 Å². The molecule has 0 radical (unpaired) electrons. The van der Waals surface area contributed by atoms with Gasteiger partial charge in [0, 0.05) is 30.1 Å². The molecule has 0 amide bonds. The van der Waals surface area contributed by atoms with Crippen molar-refractivity contribution in [1.29, 1.82) is 0 Å². The third kappa shape index (κ3) is 2.72. The van der Waals surface area contributed by atoms with E-state index in [0.717, 1.165) is 29.1 Å². The fourth-order valence-corrected chi connectivity index (χ4v) is 3.54. The van der Waals surface area contributed by atoms with Crippen LogP contribution in [0.2, 0.25) is 0 Å². The van der Waals surface area contributed by atoms with Gasteiger partial charge in [-0.3, -0.25) is 4.98 Å². The van der Waals surface area contributed by atoms with Gasteiger partial charge in [-0.15, -0.1) is 0 Å². The van der Waals surface area contributed by atoms with Crippen molar-refractivity contribution in [3.05, 3.63) is 55.0 Å². The number of pyridine rings is 1. The Kier molecular flexibility index (Phi) is 3.79. The SMILES string of the molecule is NC1=Nc2cnc(-c3ccncc3-c3ccccc3)nc2N2CCOCC12. The van der Waals surface area contributed by atoms with Crippen molar-refractivity contribution in [2.75, 3.05) is 24.7 Å². The molecular weight excluding hydrogens is 340 g/mol. The molecule has 1 unspecified atom stereocenters. The smallest absolute Gasteiger partial charge is 0.162 e. The second kappa shape index (κ2) is 6.44. The Morgan fingerprint density at radius 2 is 1.96 bits per heavy atom. The van der Waals surface area contributed by atoms with Crippen molar-refractivity contribution in [1.82, 2.24) is 15.0 Å². The Morgan fingerprint density at radius 3 is 2.85 bits per heavy atom. The van der Waals surface area contributed by atoms with E-state index in [1.54, 1.807) is 12.4 Å². The van der Waals surface area contributed by atoms with Crippen molar-refractivity contribution in [3.63, 3.8) is 0 Å². The van der Waals surface area contributed by atoms with Crippen LogP contribution in [0.15, 0.2) is 60.0 Å². The number of benzene rings is 1. The van der Waals surface area contributed by atoms with Gasteiger partial charge in [0.25, 0.3) is 0 Å². The van der Waals surface area contributed by atoms with Crippen molar-refractivity contribution >= 4 is 17.3 Å². The maximum atomic E-state index is 6.12. The fourth-order valence-electron chi connectivity index (χ4n) is 3.54. The molecule has 134 valence electrons. The van der Waals surface area contributed by atoms with E-state index in [9.17, 15) is 0 Å². The largest absolute Gasteiger partial charge is 0.385 e. The maximum Gasteiger partial charge on any atom is 0.162 e. The number of morpholine rings is 1. The summed E-state index contributed by atoms with van der Waals surface area (Å²) in [5.41, 5.74) is 9.83. The summed E-state index contributed by atoms with van der Waals surface area (Å²) in [6.07, 6.45) is 5.35. The number of aromatic nitrogens is 3. The highest BCUT2D eigenvalue weighted by Crippen LogP contribution is 2.36. The lowest BCUT2D eigenvalue weighted by molar-refractivity contribution is 0.109. The molecule has 1 saturated heterocycles. The zero-order chi connectivity index (χ0) is 18.2. The molecule has 5 rings (SSSR count). The first kappa shape index (κ1) is 15.9. The number of rotatable bonds is 2. The molecule has 3 aromatic rings. The summed E-state index contributed by atoms with van der Waals surface area (Å²) in [4.78, 5) is 20.4. The van der Waals surface area contributed by atoms with Gasteiger partial charge in [-0.1, -0.05) is 30.3 Å². The van der Waals surface area contributed by atoms with Gasteiger partial charge in [-0.05, 0) is 11.6 Å². The summed E-state index contributed by atoms with van der Waals surface area (Å²) < 4.78 is 5.56. The molecule has 0 spiro atoms. The molecule has 4 heterocycles. The molecule has 7 nitrogen and oxygen atoms in total. The van der Waals surface area contributed by atoms with Crippen LogP contribution in [0.3, 0.4) is 0 Å². The molecule has 7 heteroatoms. The lowest BCUT2D eigenvalue weighted by Crippen LogP contribution is -2.54. The quantitative estimate of drug-likeness (QED) is 0.757. The van der Waals surface area contributed by atoms with Crippen molar-refractivity contribution in [2.45, 2.75) is 6.04 Å². The minimum atomic E-state index is -0.0694. The number of ether oxygens (including phenoxy) is 1. The van der Waals surface area contributed by atoms with E-state index in [0.29, 0.717) is 30.6 Å². The average molecular weight is 358 g/mol. The number of fused-ring (bicyclic) bond motifs is 3. The van der Waals surface area contributed by atoms with Crippen LogP contribution >= 0.6 is 0 Å². The molecule has 27 heavy (non-hydrogen) atoms. The third-order valence-electron chi connectivity index (χ3n) is 4.89. The number of anilines is 1. The Labute approximate surface area is 156 Å². The summed E-state index contributed by atoms with van der Waals surface area (Å²) in [5, 5.41) is 0. The van der Waals surface area contributed by atoms with E-state index in [2.05, 4.69) is 32.0 Å². The molecular formula is C20H18N6O. The number of nitrogens with zero attached hydrogens (tertiary/aromatic N) is 5. The summed E-state index contributed by atoms with van der Waals surface area (Å²) in [6, 6.07) is 12.0. The molecule has 1 atom stereocenters. The van der Waals surface area contributed by atoms with Crippen LogP contribution in [0.5, 0.6) is 0 Å².